The van der Waals surface area contributed by atoms with Crippen molar-refractivity contribution in [2.75, 3.05) is 19.6 Å². The summed E-state index contributed by atoms with van der Waals surface area (Å²) in [6.45, 7) is 2.11. The van der Waals surface area contributed by atoms with Crippen molar-refractivity contribution in [2.45, 2.75) is 13.0 Å². The quantitative estimate of drug-likeness (QED) is 0.817. The molecule has 27 heavy (non-hydrogen) atoms. The molecule has 0 spiro atoms. The number of hydrogen-bond acceptors (Lipinski definition) is 3. The van der Waals surface area contributed by atoms with Gasteiger partial charge in [0.15, 0.2) is 0 Å². The van der Waals surface area contributed by atoms with Crippen molar-refractivity contribution in [1.29, 1.82) is 0 Å². The fourth-order valence-electron chi connectivity index (χ4n) is 3.65. The van der Waals surface area contributed by atoms with Crippen molar-refractivity contribution in [1.82, 2.24) is 9.80 Å². The zero-order chi connectivity index (χ0) is 18.8. The summed E-state index contributed by atoms with van der Waals surface area (Å²) in [5.74, 6) is 0.313. The molecule has 1 fully saturated rings. The molecular weight excluding hydrogens is 362 g/mol. The zero-order valence-electron chi connectivity index (χ0n) is 14.8. The van der Waals surface area contributed by atoms with Gasteiger partial charge in [0.1, 0.15) is 5.84 Å². The van der Waals surface area contributed by atoms with Crippen molar-refractivity contribution >= 4 is 29.3 Å². The number of hydrogen-bond donors (Lipinski definition) is 0. The molecule has 1 unspecified atom stereocenters. The summed E-state index contributed by atoms with van der Waals surface area (Å²) in [5, 5.41) is 0.611. The van der Waals surface area contributed by atoms with Crippen molar-refractivity contribution in [3.63, 3.8) is 0 Å². The summed E-state index contributed by atoms with van der Waals surface area (Å²) in [6, 6.07) is 17.2. The van der Waals surface area contributed by atoms with Crippen LogP contribution in [0.5, 0.6) is 0 Å². The van der Waals surface area contributed by atoms with Gasteiger partial charge in [-0.1, -0.05) is 54.1 Å². The second-order valence-corrected chi connectivity index (χ2v) is 7.30. The highest BCUT2D eigenvalue weighted by atomic mass is 35.5. The van der Waals surface area contributed by atoms with E-state index in [1.165, 1.54) is 0 Å². The van der Waals surface area contributed by atoms with Crippen molar-refractivity contribution in [3.8, 4) is 0 Å². The van der Waals surface area contributed by atoms with Crippen LogP contribution in [0.1, 0.15) is 17.5 Å². The van der Waals surface area contributed by atoms with Gasteiger partial charge < -0.3 is 4.90 Å². The topological polar surface area (TPSA) is 53.0 Å². The Bertz CT molecular complexity index is 897. The van der Waals surface area contributed by atoms with Crippen molar-refractivity contribution in [2.24, 2.45) is 10.9 Å². The Morgan fingerprint density at radius 2 is 1.96 bits per heavy atom. The molecule has 1 saturated heterocycles. The predicted octanol–water partition coefficient (Wildman–Crippen LogP) is 2.98. The van der Waals surface area contributed by atoms with E-state index in [4.69, 9.17) is 11.6 Å². The Balaban J connectivity index is 1.47. The van der Waals surface area contributed by atoms with Crippen LogP contribution >= 0.6 is 11.6 Å². The highest BCUT2D eigenvalue weighted by molar-refractivity contribution is 6.31. The number of rotatable bonds is 4. The van der Waals surface area contributed by atoms with Gasteiger partial charge in [-0.25, -0.2) is 0 Å². The maximum atomic E-state index is 13.1. The first-order chi connectivity index (χ1) is 13.1. The molecular formula is C21H20ClN3O2. The van der Waals surface area contributed by atoms with E-state index in [1.54, 1.807) is 15.9 Å². The third kappa shape index (κ3) is 3.74. The molecule has 0 radical (unpaired) electrons. The van der Waals surface area contributed by atoms with Gasteiger partial charge in [0.2, 0.25) is 11.8 Å². The van der Waals surface area contributed by atoms with E-state index in [1.807, 2.05) is 48.5 Å². The number of nitrogens with zero attached hydrogens (tertiary/aromatic N) is 3. The van der Waals surface area contributed by atoms with E-state index in [0.717, 1.165) is 11.1 Å². The van der Waals surface area contributed by atoms with E-state index in [-0.39, 0.29) is 24.2 Å². The van der Waals surface area contributed by atoms with Gasteiger partial charge in [-0.3, -0.25) is 19.5 Å². The average Bonchev–Trinajstić information content (AvgIpc) is 3.29. The van der Waals surface area contributed by atoms with Gasteiger partial charge in [-0.05, 0) is 17.7 Å². The van der Waals surface area contributed by atoms with Crippen molar-refractivity contribution in [3.05, 3.63) is 70.7 Å². The molecule has 0 bridgehead atoms. The van der Waals surface area contributed by atoms with Crippen LogP contribution in [0, 0.1) is 5.92 Å². The number of likely N-dealkylation sites (tertiary alicyclic amines) is 1. The van der Waals surface area contributed by atoms with Crippen LogP contribution < -0.4 is 0 Å². The summed E-state index contributed by atoms with van der Waals surface area (Å²) < 4.78 is 0. The molecule has 2 aliphatic rings. The summed E-state index contributed by atoms with van der Waals surface area (Å²) in [6.07, 6.45) is 0.255. The van der Waals surface area contributed by atoms with Gasteiger partial charge in [0.25, 0.3) is 0 Å². The average molecular weight is 382 g/mol. The van der Waals surface area contributed by atoms with E-state index >= 15 is 0 Å². The van der Waals surface area contributed by atoms with Gasteiger partial charge >= 0.3 is 0 Å². The number of carbonyl (C=O) groups excluding carboxylic acids is 2. The first kappa shape index (κ1) is 17.7. The lowest BCUT2D eigenvalue weighted by Gasteiger charge is -2.22. The van der Waals surface area contributed by atoms with Gasteiger partial charge in [0, 0.05) is 36.6 Å². The molecule has 0 N–H and O–H groups in total. The van der Waals surface area contributed by atoms with Crippen LogP contribution in [0.25, 0.3) is 0 Å². The number of carbonyl (C=O) groups is 2. The SMILES string of the molecule is O=C1CC(C(=O)N2CCN=C2c2cccc(Cl)c2)CN1Cc1ccccc1. The molecule has 2 amide bonds. The molecule has 2 aromatic rings. The molecule has 2 heterocycles. The van der Waals surface area contributed by atoms with Crippen LogP contribution in [-0.2, 0) is 16.1 Å². The monoisotopic (exact) mass is 381 g/mol. The predicted molar refractivity (Wildman–Crippen MR) is 105 cm³/mol. The summed E-state index contributed by atoms with van der Waals surface area (Å²) in [7, 11) is 0. The fourth-order valence-corrected chi connectivity index (χ4v) is 3.84. The van der Waals surface area contributed by atoms with Crippen LogP contribution in [0.2, 0.25) is 5.02 Å². The van der Waals surface area contributed by atoms with E-state index < -0.39 is 0 Å². The number of benzene rings is 2. The molecule has 6 heteroatoms. The molecule has 0 aliphatic carbocycles. The minimum absolute atomic E-state index is 0.0256. The summed E-state index contributed by atoms with van der Waals surface area (Å²) in [4.78, 5) is 33.5. The summed E-state index contributed by atoms with van der Waals surface area (Å²) in [5.41, 5.74) is 1.90. The number of aliphatic imine (C=N–C) groups is 1. The Morgan fingerprint density at radius 3 is 2.74 bits per heavy atom. The minimum Gasteiger partial charge on any atom is -0.338 e. The van der Waals surface area contributed by atoms with E-state index in [9.17, 15) is 9.59 Å². The standard InChI is InChI=1S/C21H20ClN3O2/c22-18-8-4-7-16(11-18)20-23-9-10-25(20)21(27)17-12-19(26)24(14-17)13-15-5-2-1-3-6-15/h1-8,11,17H,9-10,12-14H2. The van der Waals surface area contributed by atoms with Crippen LogP contribution in [-0.4, -0.2) is 47.1 Å². The molecule has 0 aromatic heterocycles. The molecule has 138 valence electrons. The van der Waals surface area contributed by atoms with Gasteiger partial charge in [-0.2, -0.15) is 0 Å². The minimum atomic E-state index is -0.330. The molecule has 4 rings (SSSR count). The molecule has 5 nitrogen and oxygen atoms in total. The van der Waals surface area contributed by atoms with E-state index in [2.05, 4.69) is 4.99 Å². The molecule has 2 aromatic carbocycles. The third-order valence-electron chi connectivity index (χ3n) is 4.97. The Morgan fingerprint density at radius 1 is 1.15 bits per heavy atom. The maximum Gasteiger partial charge on any atom is 0.233 e. The number of halogens is 1. The zero-order valence-corrected chi connectivity index (χ0v) is 15.6. The van der Waals surface area contributed by atoms with Gasteiger partial charge in [0.05, 0.1) is 12.5 Å². The Hall–Kier alpha value is -2.66. The van der Waals surface area contributed by atoms with Crippen LogP contribution in [0.4, 0.5) is 0 Å². The van der Waals surface area contributed by atoms with Crippen LogP contribution in [0.3, 0.4) is 0 Å². The highest BCUT2D eigenvalue weighted by Crippen LogP contribution is 2.25. The second-order valence-electron chi connectivity index (χ2n) is 6.87. The lowest BCUT2D eigenvalue weighted by molar-refractivity contribution is -0.132. The Labute approximate surface area is 163 Å². The third-order valence-corrected chi connectivity index (χ3v) is 5.20. The molecule has 0 saturated carbocycles. The number of amidine groups is 1. The van der Waals surface area contributed by atoms with Gasteiger partial charge in [-0.15, -0.1) is 0 Å². The normalized spacial score (nSPS) is 19.5. The number of amides is 2. The maximum absolute atomic E-state index is 13.1. The fraction of sp³-hybridized carbons (Fsp3) is 0.286. The molecule has 1 atom stereocenters. The molecule has 2 aliphatic heterocycles. The first-order valence-electron chi connectivity index (χ1n) is 9.05. The van der Waals surface area contributed by atoms with Crippen molar-refractivity contribution < 1.29 is 9.59 Å². The highest BCUT2D eigenvalue weighted by Gasteiger charge is 2.38. The second kappa shape index (κ2) is 7.53. The lowest BCUT2D eigenvalue weighted by Crippen LogP contribution is -2.40. The summed E-state index contributed by atoms with van der Waals surface area (Å²) >= 11 is 6.08. The smallest absolute Gasteiger partial charge is 0.233 e. The van der Waals surface area contributed by atoms with E-state index in [0.29, 0.717) is 37.0 Å². The Kier molecular flexibility index (Phi) is 4.94. The largest absolute Gasteiger partial charge is 0.338 e. The van der Waals surface area contributed by atoms with Crippen LogP contribution in [0.15, 0.2) is 59.6 Å². The lowest BCUT2D eigenvalue weighted by atomic mass is 10.1. The first-order valence-corrected chi connectivity index (χ1v) is 9.43.